The summed E-state index contributed by atoms with van der Waals surface area (Å²) < 4.78 is 34.8. The summed E-state index contributed by atoms with van der Waals surface area (Å²) in [6.07, 6.45) is 3.85. The van der Waals surface area contributed by atoms with Crippen LogP contribution in [0.5, 0.6) is 0 Å². The number of thioether (sulfide) groups is 1. The second kappa shape index (κ2) is 12.2. The fourth-order valence-corrected chi connectivity index (χ4v) is 7.00. The molecule has 0 spiro atoms. The molecule has 0 saturated heterocycles. The Morgan fingerprint density at radius 1 is 1.27 bits per heavy atom. The van der Waals surface area contributed by atoms with Gasteiger partial charge in [0, 0.05) is 60.6 Å². The Balaban J connectivity index is 2.04. The molecule has 2 heterocycles. The summed E-state index contributed by atoms with van der Waals surface area (Å²) in [7, 11) is 5.01. The molecule has 3 atom stereocenters. The predicted octanol–water partition coefficient (Wildman–Crippen LogP) is 6.12. The Morgan fingerprint density at radius 3 is 2.59 bits per heavy atom. The highest BCUT2D eigenvalue weighted by molar-refractivity contribution is 7.99. The molecule has 3 unspecified atom stereocenters. The quantitative estimate of drug-likeness (QED) is 0.168. The van der Waals surface area contributed by atoms with Crippen LogP contribution in [-0.2, 0) is 14.3 Å². The van der Waals surface area contributed by atoms with Gasteiger partial charge in [0.1, 0.15) is 29.7 Å². The van der Waals surface area contributed by atoms with E-state index >= 15 is 4.39 Å². The van der Waals surface area contributed by atoms with Crippen LogP contribution in [0.15, 0.2) is 52.6 Å². The Hall–Kier alpha value is -2.76. The van der Waals surface area contributed by atoms with Crippen molar-refractivity contribution >= 4 is 58.8 Å². The lowest BCUT2D eigenvalue weighted by molar-refractivity contribution is -0.798. The zero-order valence-electron chi connectivity index (χ0n) is 23.4. The molecular formula is C29H31Cl2F2N4O3S+. The van der Waals surface area contributed by atoms with E-state index in [1.165, 1.54) is 28.8 Å². The van der Waals surface area contributed by atoms with Crippen LogP contribution in [0, 0.1) is 11.6 Å². The molecule has 0 N–H and O–H groups in total. The molecule has 218 valence electrons. The van der Waals surface area contributed by atoms with Gasteiger partial charge in [-0.25, -0.2) is 18.1 Å². The summed E-state index contributed by atoms with van der Waals surface area (Å²) in [5.41, 5.74) is 2.07. The summed E-state index contributed by atoms with van der Waals surface area (Å²) in [6.45, 7) is 8.25. The van der Waals surface area contributed by atoms with Gasteiger partial charge in [0.05, 0.1) is 47.7 Å². The molecule has 12 heteroatoms. The van der Waals surface area contributed by atoms with Gasteiger partial charge < -0.3 is 14.5 Å². The lowest BCUT2D eigenvalue weighted by Crippen LogP contribution is -2.58. The number of fused-ring (bicyclic) bond motifs is 2. The molecule has 0 saturated carbocycles. The molecule has 0 fully saturated rings. The molecule has 0 aliphatic carbocycles. The van der Waals surface area contributed by atoms with Crippen molar-refractivity contribution < 1.29 is 27.6 Å². The summed E-state index contributed by atoms with van der Waals surface area (Å²) in [5.74, 6) is -0.928. The van der Waals surface area contributed by atoms with Crippen molar-refractivity contribution in [3.8, 4) is 11.1 Å². The summed E-state index contributed by atoms with van der Waals surface area (Å²) in [5, 5.41) is -0.0785. The number of quaternary nitrogens is 1. The number of anilines is 1. The van der Waals surface area contributed by atoms with Crippen molar-refractivity contribution in [2.75, 3.05) is 45.0 Å². The molecule has 2 aliphatic rings. The van der Waals surface area contributed by atoms with Crippen LogP contribution in [0.4, 0.5) is 14.5 Å². The Kier molecular flexibility index (Phi) is 9.30. The number of halogens is 4. The number of benzene rings is 2. The number of hydrogen-bond donors (Lipinski definition) is 0. The van der Waals surface area contributed by atoms with E-state index in [1.807, 2.05) is 32.0 Å². The zero-order chi connectivity index (χ0) is 30.2. The van der Waals surface area contributed by atoms with Crippen molar-refractivity contribution in [2.24, 2.45) is 4.99 Å². The fraction of sp³-hybridized carbons (Fsp3) is 0.345. The van der Waals surface area contributed by atoms with Crippen LogP contribution in [0.25, 0.3) is 11.1 Å². The van der Waals surface area contributed by atoms with Crippen LogP contribution in [-0.4, -0.2) is 79.7 Å². The van der Waals surface area contributed by atoms with Gasteiger partial charge in [-0.1, -0.05) is 29.8 Å². The Morgan fingerprint density at radius 2 is 1.95 bits per heavy atom. The Bertz CT molecular complexity index is 1480. The zero-order valence-corrected chi connectivity index (χ0v) is 25.7. The van der Waals surface area contributed by atoms with E-state index in [0.29, 0.717) is 58.9 Å². The first-order valence-electron chi connectivity index (χ1n) is 12.8. The van der Waals surface area contributed by atoms with Crippen LogP contribution in [0.2, 0.25) is 10.0 Å². The molecule has 4 rings (SSSR count). The first kappa shape index (κ1) is 31.2. The number of methoxy groups -OCH3 is 1. The normalized spacial score (nSPS) is 22.3. The second-order valence-corrected chi connectivity index (χ2v) is 12.1. The van der Waals surface area contributed by atoms with Gasteiger partial charge >= 0.3 is 5.91 Å². The van der Waals surface area contributed by atoms with E-state index in [-0.39, 0.29) is 38.1 Å². The number of nitrogens with zero attached hydrogens (tertiary/aromatic N) is 4. The molecule has 7 nitrogen and oxygen atoms in total. The van der Waals surface area contributed by atoms with Crippen molar-refractivity contribution in [1.29, 1.82) is 0 Å². The third-order valence-electron chi connectivity index (χ3n) is 7.44. The van der Waals surface area contributed by atoms with E-state index in [0.717, 1.165) is 5.70 Å². The number of rotatable bonds is 6. The monoisotopic (exact) mass is 623 g/mol. The van der Waals surface area contributed by atoms with Crippen molar-refractivity contribution in [2.45, 2.75) is 30.8 Å². The van der Waals surface area contributed by atoms with Gasteiger partial charge in [-0.3, -0.25) is 9.79 Å². The van der Waals surface area contributed by atoms with E-state index in [2.05, 4.69) is 6.58 Å². The van der Waals surface area contributed by atoms with Crippen molar-refractivity contribution in [3.05, 3.63) is 70.0 Å². The van der Waals surface area contributed by atoms with Crippen molar-refractivity contribution in [1.82, 2.24) is 4.90 Å². The number of amidine groups is 1. The van der Waals surface area contributed by atoms with E-state index in [4.69, 9.17) is 32.9 Å². The third kappa shape index (κ3) is 5.68. The van der Waals surface area contributed by atoms with Gasteiger partial charge in [-0.15, -0.1) is 11.8 Å². The lowest BCUT2D eigenvalue weighted by atomic mass is 9.98. The number of carbonyl (C=O) groups excluding carboxylic acids is 2. The maximum absolute atomic E-state index is 15.2. The minimum Gasteiger partial charge on any atom is -0.382 e. The summed E-state index contributed by atoms with van der Waals surface area (Å²) in [6, 6.07) is 3.03. The third-order valence-corrected chi connectivity index (χ3v) is 9.26. The van der Waals surface area contributed by atoms with Gasteiger partial charge in [0.2, 0.25) is 6.41 Å². The van der Waals surface area contributed by atoms with Gasteiger partial charge in [-0.2, -0.15) is 0 Å². The predicted molar refractivity (Wildman–Crippen MR) is 161 cm³/mol. The van der Waals surface area contributed by atoms with Crippen LogP contribution in [0.1, 0.15) is 19.4 Å². The molecule has 41 heavy (non-hydrogen) atoms. The number of aliphatic imine (C=N–C) groups is 1. The molecule has 0 aromatic heterocycles. The molecule has 2 amide bonds. The minimum atomic E-state index is -0.891. The van der Waals surface area contributed by atoms with Gasteiger partial charge in [0.25, 0.3) is 0 Å². The van der Waals surface area contributed by atoms with Crippen LogP contribution >= 0.6 is 35.0 Å². The maximum atomic E-state index is 15.2. The first-order valence-corrected chi connectivity index (χ1v) is 14.5. The topological polar surface area (TPSA) is 62.2 Å². The number of ether oxygens (including phenoxy) is 1. The molecule has 2 aromatic carbocycles. The number of carbonyl (C=O) groups is 2. The number of hydrogen-bond acceptors (Lipinski definition) is 6. The fourth-order valence-electron chi connectivity index (χ4n) is 5.19. The largest absolute Gasteiger partial charge is 0.382 e. The first-order chi connectivity index (χ1) is 19.4. The highest BCUT2D eigenvalue weighted by atomic mass is 35.5. The van der Waals surface area contributed by atoms with Crippen molar-refractivity contribution in [3.63, 3.8) is 0 Å². The van der Waals surface area contributed by atoms with Crippen LogP contribution < -0.4 is 4.90 Å². The molecule has 0 radical (unpaired) electrons. The number of likely N-dealkylation sites (N-methyl/N-ethyl adjacent to an activating group) is 1. The molecular weight excluding hydrogens is 593 g/mol. The number of amides is 2. The van der Waals surface area contributed by atoms with E-state index in [1.54, 1.807) is 20.2 Å². The van der Waals surface area contributed by atoms with Gasteiger partial charge in [0.15, 0.2) is 0 Å². The number of allylic oxidation sites excluding steroid dienone is 1. The molecule has 2 aliphatic heterocycles. The SMILES string of the molecule is C=CC(=O)[N+]1(C)CC(C)N(C2=NC(COC)CSc3c(-c4cc(Cl)c(F)cc4F)c(Cl)cc2c3N(C)C=O)C=C1C. The smallest absolute Gasteiger partial charge is 0.342 e. The highest BCUT2D eigenvalue weighted by Gasteiger charge is 2.42. The van der Waals surface area contributed by atoms with E-state index < -0.39 is 11.6 Å². The Labute approximate surface area is 252 Å². The average molecular weight is 625 g/mol. The maximum Gasteiger partial charge on any atom is 0.342 e. The summed E-state index contributed by atoms with van der Waals surface area (Å²) >= 11 is 14.3. The van der Waals surface area contributed by atoms with E-state index in [9.17, 15) is 14.0 Å². The minimum absolute atomic E-state index is 0.0106. The molecule has 2 bridgehead atoms. The average Bonchev–Trinajstić information content (AvgIpc) is 2.92. The standard InChI is InChI=1S/C29H31Cl2F2N4O3S/c1-7-25(39)37(5)12-16(2)36(11-17(37)3)29-20-9-22(31)26(19-8-21(30)24(33)10-23(19)32)28(27(20)35(4)15-38)41-14-18(34-29)13-40-6/h7-11,15-16,18H,1,12-14H2,2-6H3/q+1. The lowest BCUT2D eigenvalue weighted by Gasteiger charge is -2.43. The second-order valence-electron chi connectivity index (χ2n) is 10.2. The van der Waals surface area contributed by atoms with Gasteiger partial charge in [-0.05, 0) is 19.1 Å². The highest BCUT2D eigenvalue weighted by Crippen LogP contribution is 2.48. The van der Waals surface area contributed by atoms with Crippen LogP contribution in [0.3, 0.4) is 0 Å². The summed E-state index contributed by atoms with van der Waals surface area (Å²) in [4.78, 5) is 34.0. The molecule has 2 aromatic rings.